The van der Waals surface area contributed by atoms with Crippen LogP contribution in [-0.2, 0) is 0 Å². The molecule has 1 aromatic carbocycles. The molecule has 0 aromatic heterocycles. The van der Waals surface area contributed by atoms with Gasteiger partial charge in [0.25, 0.3) is 0 Å². The molecule has 1 saturated heterocycles. The van der Waals surface area contributed by atoms with Crippen LogP contribution in [0.15, 0.2) is 24.3 Å². The van der Waals surface area contributed by atoms with Gasteiger partial charge in [-0.05, 0) is 55.8 Å². The number of hydrogen-bond donors (Lipinski definition) is 2. The summed E-state index contributed by atoms with van der Waals surface area (Å²) in [6.07, 6.45) is 3.36. The molecule has 0 aliphatic carbocycles. The van der Waals surface area contributed by atoms with Crippen molar-refractivity contribution < 1.29 is 14.6 Å². The smallest absolute Gasteiger partial charge is 0.123 e. The van der Waals surface area contributed by atoms with E-state index in [1.807, 2.05) is 0 Å². The molecule has 0 radical (unpaired) electrons. The summed E-state index contributed by atoms with van der Waals surface area (Å²) in [7, 11) is 0. The molecule has 1 heterocycles. The van der Waals surface area contributed by atoms with Gasteiger partial charge < -0.3 is 15.1 Å². The third kappa shape index (κ3) is 4.54. The highest BCUT2D eigenvalue weighted by Crippen LogP contribution is 2.22. The molecular weight excluding hydrogens is 257 g/mol. The lowest BCUT2D eigenvalue weighted by molar-refractivity contribution is 0.110. The zero-order chi connectivity index (χ0) is 14.4. The Morgan fingerprint density at radius 3 is 2.75 bits per heavy atom. The molecular formula is C16H24FNO2. The molecule has 1 aromatic rings. The van der Waals surface area contributed by atoms with Crippen LogP contribution in [0.25, 0.3) is 0 Å². The molecule has 1 aliphatic heterocycles. The van der Waals surface area contributed by atoms with Crippen molar-refractivity contribution in [2.24, 2.45) is 5.92 Å². The van der Waals surface area contributed by atoms with E-state index in [1.54, 1.807) is 12.1 Å². The molecule has 1 aliphatic rings. The first-order valence-corrected chi connectivity index (χ1v) is 7.46. The predicted molar refractivity (Wildman–Crippen MR) is 76.8 cm³/mol. The average molecular weight is 281 g/mol. The minimum absolute atomic E-state index is 0.261. The lowest BCUT2D eigenvalue weighted by Crippen LogP contribution is -2.36. The van der Waals surface area contributed by atoms with Gasteiger partial charge >= 0.3 is 0 Å². The van der Waals surface area contributed by atoms with Crippen molar-refractivity contribution in [3.63, 3.8) is 0 Å². The molecule has 0 saturated carbocycles. The zero-order valence-corrected chi connectivity index (χ0v) is 11.8. The highest BCUT2D eigenvalue weighted by atomic mass is 19.1. The fourth-order valence-electron chi connectivity index (χ4n) is 2.93. The molecule has 2 unspecified atom stereocenters. The number of halogens is 1. The third-order valence-electron chi connectivity index (χ3n) is 4.11. The number of piperidine rings is 1. The second kappa shape index (κ2) is 7.72. The molecule has 4 heteroatoms. The van der Waals surface area contributed by atoms with Crippen molar-refractivity contribution in [2.45, 2.75) is 31.8 Å². The van der Waals surface area contributed by atoms with Gasteiger partial charge in [0.15, 0.2) is 0 Å². The van der Waals surface area contributed by atoms with Gasteiger partial charge in [-0.25, -0.2) is 4.39 Å². The number of benzene rings is 1. The minimum Gasteiger partial charge on any atom is -0.396 e. The number of aliphatic hydroxyl groups excluding tert-OH is 2. The molecule has 3 nitrogen and oxygen atoms in total. The standard InChI is InChI=1S/C16H24FNO2/c17-15-5-3-14(4-6-15)16(20)7-10-18-9-1-2-13(12-18)8-11-19/h3-6,13,16,19-20H,1-2,7-12H2. The Morgan fingerprint density at radius 2 is 2.05 bits per heavy atom. The van der Waals surface area contributed by atoms with E-state index in [0.717, 1.165) is 38.0 Å². The summed E-state index contributed by atoms with van der Waals surface area (Å²) >= 11 is 0. The van der Waals surface area contributed by atoms with Crippen molar-refractivity contribution in [1.29, 1.82) is 0 Å². The molecule has 0 spiro atoms. The third-order valence-corrected chi connectivity index (χ3v) is 4.11. The number of likely N-dealkylation sites (tertiary alicyclic amines) is 1. The first-order valence-electron chi connectivity index (χ1n) is 7.46. The van der Waals surface area contributed by atoms with Crippen LogP contribution in [-0.4, -0.2) is 41.4 Å². The monoisotopic (exact) mass is 281 g/mol. The maximum absolute atomic E-state index is 12.8. The van der Waals surface area contributed by atoms with Crippen molar-refractivity contribution >= 4 is 0 Å². The van der Waals surface area contributed by atoms with Gasteiger partial charge in [0, 0.05) is 19.7 Å². The van der Waals surface area contributed by atoms with Gasteiger partial charge in [-0.15, -0.1) is 0 Å². The largest absolute Gasteiger partial charge is 0.396 e. The molecule has 0 bridgehead atoms. The quantitative estimate of drug-likeness (QED) is 0.841. The van der Waals surface area contributed by atoms with Crippen molar-refractivity contribution in [3.05, 3.63) is 35.6 Å². The van der Waals surface area contributed by atoms with E-state index < -0.39 is 6.10 Å². The number of rotatable bonds is 6. The van der Waals surface area contributed by atoms with Gasteiger partial charge in [0.1, 0.15) is 5.82 Å². The Labute approximate surface area is 120 Å². The Bertz CT molecular complexity index is 394. The second-order valence-corrected chi connectivity index (χ2v) is 5.68. The van der Waals surface area contributed by atoms with Crippen LogP contribution in [0.2, 0.25) is 0 Å². The van der Waals surface area contributed by atoms with E-state index in [-0.39, 0.29) is 12.4 Å². The lowest BCUT2D eigenvalue weighted by atomic mass is 9.95. The Hall–Kier alpha value is -0.970. The van der Waals surface area contributed by atoms with E-state index in [2.05, 4.69) is 4.90 Å². The summed E-state index contributed by atoms with van der Waals surface area (Å²) in [5.74, 6) is 0.306. The molecule has 2 N–H and O–H groups in total. The maximum Gasteiger partial charge on any atom is 0.123 e. The Morgan fingerprint density at radius 1 is 1.30 bits per heavy atom. The van der Waals surface area contributed by atoms with E-state index in [9.17, 15) is 9.50 Å². The van der Waals surface area contributed by atoms with Crippen LogP contribution in [0.5, 0.6) is 0 Å². The van der Waals surface area contributed by atoms with Gasteiger partial charge in [-0.3, -0.25) is 0 Å². The second-order valence-electron chi connectivity index (χ2n) is 5.68. The van der Waals surface area contributed by atoms with Crippen molar-refractivity contribution in [3.8, 4) is 0 Å². The van der Waals surface area contributed by atoms with Gasteiger partial charge in [-0.2, -0.15) is 0 Å². The van der Waals surface area contributed by atoms with Crippen molar-refractivity contribution in [1.82, 2.24) is 4.90 Å². The first-order chi connectivity index (χ1) is 9.69. The molecule has 0 amide bonds. The molecule has 1 fully saturated rings. The van der Waals surface area contributed by atoms with Gasteiger partial charge in [0.2, 0.25) is 0 Å². The van der Waals surface area contributed by atoms with Crippen LogP contribution < -0.4 is 0 Å². The van der Waals surface area contributed by atoms with E-state index in [0.29, 0.717) is 12.3 Å². The number of aliphatic hydroxyl groups is 2. The number of hydrogen-bond acceptors (Lipinski definition) is 3. The van der Waals surface area contributed by atoms with Gasteiger partial charge in [-0.1, -0.05) is 12.1 Å². The topological polar surface area (TPSA) is 43.7 Å². The van der Waals surface area contributed by atoms with Crippen LogP contribution >= 0.6 is 0 Å². The summed E-state index contributed by atoms with van der Waals surface area (Å²) in [4.78, 5) is 2.36. The summed E-state index contributed by atoms with van der Waals surface area (Å²) in [5, 5.41) is 19.1. The lowest BCUT2D eigenvalue weighted by Gasteiger charge is -2.33. The average Bonchev–Trinajstić information content (AvgIpc) is 2.46. The Balaban J connectivity index is 1.78. The molecule has 2 rings (SSSR count). The van der Waals surface area contributed by atoms with Crippen molar-refractivity contribution in [2.75, 3.05) is 26.2 Å². The fourth-order valence-corrected chi connectivity index (χ4v) is 2.93. The molecule has 2 atom stereocenters. The van der Waals surface area contributed by atoms with E-state index >= 15 is 0 Å². The maximum atomic E-state index is 12.8. The number of nitrogens with zero attached hydrogens (tertiary/aromatic N) is 1. The highest BCUT2D eigenvalue weighted by Gasteiger charge is 2.20. The highest BCUT2D eigenvalue weighted by molar-refractivity contribution is 5.18. The summed E-state index contributed by atoms with van der Waals surface area (Å²) in [6, 6.07) is 6.06. The molecule has 20 heavy (non-hydrogen) atoms. The predicted octanol–water partition coefficient (Wildman–Crippen LogP) is 2.34. The normalized spacial score (nSPS) is 21.9. The summed E-state index contributed by atoms with van der Waals surface area (Å²) < 4.78 is 12.8. The van der Waals surface area contributed by atoms with Crippen LogP contribution in [0, 0.1) is 11.7 Å². The fraction of sp³-hybridized carbons (Fsp3) is 0.625. The van der Waals surface area contributed by atoms with Crippen LogP contribution in [0.1, 0.15) is 37.4 Å². The summed E-state index contributed by atoms with van der Waals surface area (Å²) in [6.45, 7) is 3.19. The van der Waals surface area contributed by atoms with Crippen LogP contribution in [0.3, 0.4) is 0 Å². The van der Waals surface area contributed by atoms with E-state index in [1.165, 1.54) is 18.6 Å². The van der Waals surface area contributed by atoms with Crippen LogP contribution in [0.4, 0.5) is 4.39 Å². The minimum atomic E-state index is -0.534. The molecule has 112 valence electrons. The Kier molecular flexibility index (Phi) is 5.95. The van der Waals surface area contributed by atoms with E-state index in [4.69, 9.17) is 5.11 Å². The van der Waals surface area contributed by atoms with Gasteiger partial charge in [0.05, 0.1) is 6.10 Å². The summed E-state index contributed by atoms with van der Waals surface area (Å²) in [5.41, 5.74) is 0.773. The first kappa shape index (κ1) is 15.4. The SMILES string of the molecule is OCCC1CCCN(CCC(O)c2ccc(F)cc2)C1. The zero-order valence-electron chi connectivity index (χ0n) is 11.8.